The van der Waals surface area contributed by atoms with Crippen molar-refractivity contribution < 1.29 is 0 Å². The maximum Gasteiger partial charge on any atom is 0.268 e. The number of aryl methyl sites for hydroxylation is 2. The van der Waals surface area contributed by atoms with Gasteiger partial charge in [-0.1, -0.05) is 12.0 Å². The molecule has 2 atom stereocenters. The van der Waals surface area contributed by atoms with Crippen LogP contribution in [-0.2, 0) is 12.8 Å². The molecule has 11 nitrogen and oxygen atoms in total. The predicted octanol–water partition coefficient (Wildman–Crippen LogP) is 3.85. The van der Waals surface area contributed by atoms with Gasteiger partial charge in [0.2, 0.25) is 0 Å². The van der Waals surface area contributed by atoms with Gasteiger partial charge in [0.25, 0.3) is 5.69 Å². The summed E-state index contributed by atoms with van der Waals surface area (Å²) < 4.78 is 3.53. The molecule has 11 heteroatoms. The van der Waals surface area contributed by atoms with Gasteiger partial charge >= 0.3 is 0 Å². The highest BCUT2D eigenvalue weighted by Gasteiger charge is 2.32. The maximum absolute atomic E-state index is 8.52. The fourth-order valence-corrected chi connectivity index (χ4v) is 4.12. The number of anilines is 2. The summed E-state index contributed by atoms with van der Waals surface area (Å²) in [4.78, 5) is 11.1. The summed E-state index contributed by atoms with van der Waals surface area (Å²) in [6.07, 6.45) is 5.57. The number of nitrogens with one attached hydrogen (secondary N) is 1. The molecule has 2 unspecified atom stereocenters. The molecule has 1 fully saturated rings. The van der Waals surface area contributed by atoms with Crippen molar-refractivity contribution in [3.05, 3.63) is 51.1 Å². The molecule has 0 amide bonds. The Labute approximate surface area is 179 Å². The first-order chi connectivity index (χ1) is 15.1. The SMILES string of the molecule is [C-]#[N+]c1c(NCCc2ccn(C3CCC3CN=[N+]=[N-])n2)nc2c(CC)c(C)nn2c1N. The number of hydrogen-bond acceptors (Lipinski definition) is 6. The quantitative estimate of drug-likeness (QED) is 0.247. The van der Waals surface area contributed by atoms with Crippen LogP contribution in [0.4, 0.5) is 17.3 Å². The molecular weight excluding hydrogens is 394 g/mol. The number of nitrogens with zero attached hydrogens (tertiary/aromatic N) is 9. The molecule has 0 bridgehead atoms. The first kappa shape index (κ1) is 20.5. The highest BCUT2D eigenvalue weighted by Crippen LogP contribution is 2.38. The average molecular weight is 419 g/mol. The number of azide groups is 1. The highest BCUT2D eigenvalue weighted by molar-refractivity contribution is 5.80. The topological polar surface area (TPSA) is 139 Å². The van der Waals surface area contributed by atoms with Crippen molar-refractivity contribution in [1.29, 1.82) is 0 Å². The number of nitrogen functional groups attached to an aromatic ring is 1. The molecule has 31 heavy (non-hydrogen) atoms. The van der Waals surface area contributed by atoms with Gasteiger partial charge in [-0.2, -0.15) is 10.2 Å². The minimum atomic E-state index is 0.276. The molecule has 1 saturated carbocycles. The van der Waals surface area contributed by atoms with Crippen LogP contribution in [0.15, 0.2) is 17.4 Å². The summed E-state index contributed by atoms with van der Waals surface area (Å²) in [5, 5.41) is 16.1. The van der Waals surface area contributed by atoms with Crippen molar-refractivity contribution in [3.8, 4) is 0 Å². The first-order valence-corrected chi connectivity index (χ1v) is 10.4. The van der Waals surface area contributed by atoms with Gasteiger partial charge in [-0.3, -0.25) is 4.68 Å². The zero-order valence-electron chi connectivity index (χ0n) is 17.7. The summed E-state index contributed by atoms with van der Waals surface area (Å²) in [5.74, 6) is 1.13. The van der Waals surface area contributed by atoms with Gasteiger partial charge in [0, 0.05) is 36.2 Å². The highest BCUT2D eigenvalue weighted by atomic mass is 15.3. The Balaban J connectivity index is 1.46. The first-order valence-electron chi connectivity index (χ1n) is 10.4. The lowest BCUT2D eigenvalue weighted by Gasteiger charge is -2.35. The standard InChI is InChI=1S/C20H25N11/c1-4-15-12(2)27-31-18(21)17(23-3)19(26-20(15)31)24-9-7-14-8-10-30(28-14)16-6-5-13(16)11-25-29-22/h8,10,13,16H,4-7,9,11,21H2,1-2H3,(H,24,26). The molecule has 3 aromatic rings. The van der Waals surface area contributed by atoms with Crippen molar-refractivity contribution in [3.63, 3.8) is 0 Å². The number of nitrogens with two attached hydrogens (primary N) is 1. The monoisotopic (exact) mass is 419 g/mol. The summed E-state index contributed by atoms with van der Waals surface area (Å²) in [7, 11) is 0. The van der Waals surface area contributed by atoms with E-state index in [1.165, 1.54) is 0 Å². The Bertz CT molecular complexity index is 1190. The van der Waals surface area contributed by atoms with Crippen LogP contribution >= 0.6 is 0 Å². The van der Waals surface area contributed by atoms with Crippen LogP contribution in [0.5, 0.6) is 0 Å². The fraction of sp³-hybridized carbons (Fsp3) is 0.500. The zero-order valence-corrected chi connectivity index (χ0v) is 17.7. The van der Waals surface area contributed by atoms with Crippen molar-refractivity contribution in [2.24, 2.45) is 11.0 Å². The van der Waals surface area contributed by atoms with Crippen LogP contribution in [0, 0.1) is 19.4 Å². The number of aromatic nitrogens is 5. The molecule has 0 aliphatic heterocycles. The Hall–Kier alpha value is -3.77. The molecule has 0 saturated heterocycles. The van der Waals surface area contributed by atoms with Gasteiger partial charge in [-0.15, -0.1) is 0 Å². The largest absolute Gasteiger partial charge is 0.392 e. The van der Waals surface area contributed by atoms with Gasteiger partial charge in [0.15, 0.2) is 5.65 Å². The third-order valence-electron chi connectivity index (χ3n) is 5.97. The minimum Gasteiger partial charge on any atom is -0.392 e. The van der Waals surface area contributed by atoms with Crippen LogP contribution in [0.1, 0.15) is 42.8 Å². The van der Waals surface area contributed by atoms with E-state index in [2.05, 4.69) is 35.4 Å². The average Bonchev–Trinajstić information content (AvgIpc) is 3.31. The lowest BCUT2D eigenvalue weighted by Crippen LogP contribution is -2.31. The van der Waals surface area contributed by atoms with Gasteiger partial charge < -0.3 is 11.1 Å². The van der Waals surface area contributed by atoms with Crippen molar-refractivity contribution in [2.75, 3.05) is 24.1 Å². The minimum absolute atomic E-state index is 0.276. The van der Waals surface area contributed by atoms with E-state index in [0.29, 0.717) is 48.8 Å². The third-order valence-corrected chi connectivity index (χ3v) is 5.97. The van der Waals surface area contributed by atoms with Crippen molar-refractivity contribution in [2.45, 2.75) is 45.6 Å². The smallest absolute Gasteiger partial charge is 0.268 e. The van der Waals surface area contributed by atoms with Gasteiger partial charge in [-0.25, -0.2) is 14.3 Å². The van der Waals surface area contributed by atoms with Crippen molar-refractivity contribution >= 4 is 23.0 Å². The summed E-state index contributed by atoms with van der Waals surface area (Å²) in [6.45, 7) is 12.6. The third kappa shape index (κ3) is 3.73. The molecule has 3 aromatic heterocycles. The van der Waals surface area contributed by atoms with E-state index < -0.39 is 0 Å². The Morgan fingerprint density at radius 2 is 2.23 bits per heavy atom. The number of hydrogen-bond donors (Lipinski definition) is 2. The van der Waals surface area contributed by atoms with Crippen LogP contribution in [0.2, 0.25) is 0 Å². The van der Waals surface area contributed by atoms with Crippen LogP contribution in [-0.4, -0.2) is 37.5 Å². The summed E-state index contributed by atoms with van der Waals surface area (Å²) in [5.41, 5.74) is 18.6. The summed E-state index contributed by atoms with van der Waals surface area (Å²) >= 11 is 0. The molecule has 0 spiro atoms. The van der Waals surface area contributed by atoms with E-state index in [1.807, 2.05) is 30.8 Å². The van der Waals surface area contributed by atoms with Crippen LogP contribution < -0.4 is 11.1 Å². The van der Waals surface area contributed by atoms with Gasteiger partial charge in [-0.05, 0) is 43.7 Å². The molecule has 3 N–H and O–H groups in total. The van der Waals surface area contributed by atoms with E-state index in [4.69, 9.17) is 17.8 Å². The number of fused-ring (bicyclic) bond motifs is 1. The van der Waals surface area contributed by atoms with E-state index in [-0.39, 0.29) is 5.69 Å². The molecule has 160 valence electrons. The van der Waals surface area contributed by atoms with Crippen LogP contribution in [0.3, 0.4) is 0 Å². The maximum atomic E-state index is 8.52. The second-order valence-corrected chi connectivity index (χ2v) is 7.74. The number of rotatable bonds is 8. The molecular formula is C20H25N11. The molecule has 0 radical (unpaired) electrons. The molecule has 0 aromatic carbocycles. The zero-order chi connectivity index (χ0) is 22.0. The van der Waals surface area contributed by atoms with Crippen molar-refractivity contribution in [1.82, 2.24) is 24.4 Å². The predicted molar refractivity (Wildman–Crippen MR) is 118 cm³/mol. The van der Waals surface area contributed by atoms with Crippen LogP contribution in [0.25, 0.3) is 20.9 Å². The lowest BCUT2D eigenvalue weighted by atomic mass is 9.80. The Morgan fingerprint density at radius 3 is 2.90 bits per heavy atom. The molecule has 3 heterocycles. The fourth-order valence-electron chi connectivity index (χ4n) is 4.12. The normalized spacial score (nSPS) is 17.7. The molecule has 1 aliphatic rings. The molecule has 4 rings (SSSR count). The van der Waals surface area contributed by atoms with E-state index in [1.54, 1.807) is 4.52 Å². The van der Waals surface area contributed by atoms with E-state index in [0.717, 1.165) is 36.2 Å². The lowest BCUT2D eigenvalue weighted by molar-refractivity contribution is 0.173. The Morgan fingerprint density at radius 1 is 1.39 bits per heavy atom. The van der Waals surface area contributed by atoms with Gasteiger partial charge in [0.1, 0.15) is 11.6 Å². The molecule has 1 aliphatic carbocycles. The van der Waals surface area contributed by atoms with E-state index in [9.17, 15) is 0 Å². The second kappa shape index (κ2) is 8.53. The van der Waals surface area contributed by atoms with E-state index >= 15 is 0 Å². The Kier molecular flexibility index (Phi) is 5.64. The summed E-state index contributed by atoms with van der Waals surface area (Å²) in [6, 6.07) is 2.29. The van der Waals surface area contributed by atoms with Gasteiger partial charge in [0.05, 0.1) is 24.0 Å². The second-order valence-electron chi connectivity index (χ2n) is 7.74.